The number of aryl methyl sites for hydroxylation is 1. The monoisotopic (exact) mass is 279 g/mol. The lowest BCUT2D eigenvalue weighted by molar-refractivity contribution is 0.0660. The van der Waals surface area contributed by atoms with Gasteiger partial charge in [-0.2, -0.15) is 0 Å². The number of carbonyl (C=O) groups is 1. The first kappa shape index (κ1) is 13.5. The van der Waals surface area contributed by atoms with Gasteiger partial charge in [-0.1, -0.05) is 17.7 Å². The Balaban J connectivity index is 2.15. The minimum Gasteiger partial charge on any atom is -0.475 e. The number of halogens is 1. The Morgan fingerprint density at radius 2 is 2.11 bits per heavy atom. The zero-order valence-corrected chi connectivity index (χ0v) is 11.4. The van der Waals surface area contributed by atoms with Crippen LogP contribution in [0, 0.1) is 6.92 Å². The van der Waals surface area contributed by atoms with E-state index in [9.17, 15) is 4.79 Å². The summed E-state index contributed by atoms with van der Waals surface area (Å²) < 4.78 is 5.24. The van der Waals surface area contributed by atoms with Gasteiger partial charge in [0.25, 0.3) is 0 Å². The largest absolute Gasteiger partial charge is 0.475 e. The Morgan fingerprint density at radius 1 is 1.37 bits per heavy atom. The first-order chi connectivity index (χ1) is 8.97. The number of furan rings is 1. The summed E-state index contributed by atoms with van der Waals surface area (Å²) in [5.74, 6) is -0.598. The van der Waals surface area contributed by atoms with Gasteiger partial charge in [-0.25, -0.2) is 4.79 Å². The summed E-state index contributed by atoms with van der Waals surface area (Å²) in [6.07, 6.45) is 0. The summed E-state index contributed by atoms with van der Waals surface area (Å²) in [4.78, 5) is 10.8. The highest BCUT2D eigenvalue weighted by Crippen LogP contribution is 2.27. The number of nitrogens with one attached hydrogen (secondary N) is 1. The molecule has 0 aliphatic heterocycles. The molecule has 1 unspecified atom stereocenters. The van der Waals surface area contributed by atoms with Crippen LogP contribution in [0.2, 0.25) is 5.02 Å². The zero-order valence-electron chi connectivity index (χ0n) is 10.6. The van der Waals surface area contributed by atoms with Crippen LogP contribution in [0.25, 0.3) is 0 Å². The number of hydrogen-bond donors (Lipinski definition) is 2. The summed E-state index contributed by atoms with van der Waals surface area (Å²) >= 11 is 6.13. The first-order valence-corrected chi connectivity index (χ1v) is 6.21. The summed E-state index contributed by atoms with van der Waals surface area (Å²) in [7, 11) is 0. The Labute approximate surface area is 116 Å². The highest BCUT2D eigenvalue weighted by Gasteiger charge is 2.14. The summed E-state index contributed by atoms with van der Waals surface area (Å²) in [6, 6.07) is 8.60. The van der Waals surface area contributed by atoms with Crippen LogP contribution in [0.1, 0.15) is 34.8 Å². The van der Waals surface area contributed by atoms with Gasteiger partial charge >= 0.3 is 5.97 Å². The van der Waals surface area contributed by atoms with Gasteiger partial charge < -0.3 is 14.8 Å². The van der Waals surface area contributed by atoms with Crippen molar-refractivity contribution in [1.82, 2.24) is 0 Å². The maximum absolute atomic E-state index is 10.8. The van der Waals surface area contributed by atoms with E-state index in [0.29, 0.717) is 10.8 Å². The molecule has 19 heavy (non-hydrogen) atoms. The van der Waals surface area contributed by atoms with Crippen molar-refractivity contribution in [2.75, 3.05) is 5.32 Å². The second-order valence-corrected chi connectivity index (χ2v) is 4.76. The van der Waals surface area contributed by atoms with Crippen molar-refractivity contribution < 1.29 is 14.3 Å². The SMILES string of the molecule is Cc1ccc(NC(C)c2ccc(C(=O)O)o2)c(Cl)c1. The molecule has 0 saturated carbocycles. The predicted molar refractivity (Wildman–Crippen MR) is 73.9 cm³/mol. The van der Waals surface area contributed by atoms with Crippen LogP contribution in [-0.4, -0.2) is 11.1 Å². The van der Waals surface area contributed by atoms with Crippen molar-refractivity contribution in [3.63, 3.8) is 0 Å². The molecule has 0 spiro atoms. The van der Waals surface area contributed by atoms with Crippen molar-refractivity contribution in [2.24, 2.45) is 0 Å². The van der Waals surface area contributed by atoms with Crippen molar-refractivity contribution in [3.8, 4) is 0 Å². The number of carboxylic acids is 1. The molecule has 1 aromatic carbocycles. The van der Waals surface area contributed by atoms with Gasteiger partial charge in [-0.3, -0.25) is 0 Å². The summed E-state index contributed by atoms with van der Waals surface area (Å²) in [5.41, 5.74) is 1.86. The van der Waals surface area contributed by atoms with Crippen molar-refractivity contribution in [1.29, 1.82) is 0 Å². The molecule has 0 aliphatic carbocycles. The second kappa shape index (κ2) is 5.36. The van der Waals surface area contributed by atoms with Gasteiger partial charge in [0.2, 0.25) is 5.76 Å². The molecule has 5 heteroatoms. The number of hydrogen-bond acceptors (Lipinski definition) is 3. The van der Waals surface area contributed by atoms with Gasteiger partial charge in [0, 0.05) is 0 Å². The highest BCUT2D eigenvalue weighted by atomic mass is 35.5. The number of anilines is 1. The molecule has 1 heterocycles. The van der Waals surface area contributed by atoms with Crippen molar-refractivity contribution in [3.05, 3.63) is 52.4 Å². The summed E-state index contributed by atoms with van der Waals surface area (Å²) in [5, 5.41) is 12.6. The molecule has 0 radical (unpaired) electrons. The Bertz CT molecular complexity index is 606. The molecular formula is C14H14ClNO3. The second-order valence-electron chi connectivity index (χ2n) is 4.36. The van der Waals surface area contributed by atoms with E-state index in [1.165, 1.54) is 6.07 Å². The molecular weight excluding hydrogens is 266 g/mol. The van der Waals surface area contributed by atoms with Crippen molar-refractivity contribution >= 4 is 23.3 Å². The molecule has 1 aromatic heterocycles. The van der Waals surface area contributed by atoms with Gasteiger partial charge in [0.15, 0.2) is 0 Å². The molecule has 0 amide bonds. The standard InChI is InChI=1S/C14H14ClNO3/c1-8-3-4-11(10(15)7-8)16-9(2)12-5-6-13(19-12)14(17)18/h3-7,9,16H,1-2H3,(H,17,18). The molecule has 2 rings (SSSR count). The third-order valence-electron chi connectivity index (χ3n) is 2.76. The molecule has 1 atom stereocenters. The molecule has 0 saturated heterocycles. The Morgan fingerprint density at radius 3 is 2.68 bits per heavy atom. The number of aromatic carboxylic acids is 1. The molecule has 0 aliphatic rings. The number of rotatable bonds is 4. The third-order valence-corrected chi connectivity index (χ3v) is 3.07. The van der Waals surface area contributed by atoms with E-state index in [0.717, 1.165) is 11.3 Å². The first-order valence-electron chi connectivity index (χ1n) is 5.83. The van der Waals surface area contributed by atoms with Gasteiger partial charge in [0.05, 0.1) is 16.8 Å². The lowest BCUT2D eigenvalue weighted by atomic mass is 10.2. The Kier molecular flexibility index (Phi) is 3.81. The fourth-order valence-corrected chi connectivity index (χ4v) is 2.03. The molecule has 2 N–H and O–H groups in total. The topological polar surface area (TPSA) is 62.5 Å². The fraction of sp³-hybridized carbons (Fsp3) is 0.214. The van der Waals surface area contributed by atoms with Crippen LogP contribution in [0.15, 0.2) is 34.7 Å². The van der Waals surface area contributed by atoms with Gasteiger partial charge in [0.1, 0.15) is 5.76 Å². The third kappa shape index (κ3) is 3.09. The van der Waals surface area contributed by atoms with E-state index < -0.39 is 5.97 Å². The van der Waals surface area contributed by atoms with Gasteiger partial charge in [-0.15, -0.1) is 0 Å². The maximum atomic E-state index is 10.8. The molecule has 0 fully saturated rings. The van der Waals surface area contributed by atoms with E-state index in [4.69, 9.17) is 21.1 Å². The molecule has 0 bridgehead atoms. The number of benzene rings is 1. The van der Waals surface area contributed by atoms with Crippen LogP contribution in [-0.2, 0) is 0 Å². The molecule has 2 aromatic rings. The minimum absolute atomic E-state index is 0.0707. The van der Waals surface area contributed by atoms with Crippen LogP contribution >= 0.6 is 11.6 Å². The van der Waals surface area contributed by atoms with Crippen LogP contribution < -0.4 is 5.32 Å². The maximum Gasteiger partial charge on any atom is 0.371 e. The number of carboxylic acid groups (broad SMARTS) is 1. The Hall–Kier alpha value is -1.94. The van der Waals surface area contributed by atoms with Gasteiger partial charge in [-0.05, 0) is 43.7 Å². The predicted octanol–water partition coefficient (Wildman–Crippen LogP) is 4.11. The van der Waals surface area contributed by atoms with E-state index in [-0.39, 0.29) is 11.8 Å². The van der Waals surface area contributed by atoms with E-state index in [2.05, 4.69) is 5.32 Å². The average Bonchev–Trinajstić information content (AvgIpc) is 2.82. The van der Waals surface area contributed by atoms with E-state index >= 15 is 0 Å². The van der Waals surface area contributed by atoms with Crippen LogP contribution in [0.3, 0.4) is 0 Å². The zero-order chi connectivity index (χ0) is 14.0. The van der Waals surface area contributed by atoms with E-state index in [1.54, 1.807) is 6.07 Å². The normalized spacial score (nSPS) is 12.2. The molecule has 4 nitrogen and oxygen atoms in total. The lowest BCUT2D eigenvalue weighted by Gasteiger charge is -2.14. The molecule has 100 valence electrons. The van der Waals surface area contributed by atoms with Crippen LogP contribution in [0.5, 0.6) is 0 Å². The smallest absolute Gasteiger partial charge is 0.371 e. The average molecular weight is 280 g/mol. The minimum atomic E-state index is -1.08. The fourth-order valence-electron chi connectivity index (χ4n) is 1.74. The summed E-state index contributed by atoms with van der Waals surface area (Å²) in [6.45, 7) is 3.84. The van der Waals surface area contributed by atoms with Crippen LogP contribution in [0.4, 0.5) is 5.69 Å². The van der Waals surface area contributed by atoms with E-state index in [1.807, 2.05) is 32.0 Å². The highest BCUT2D eigenvalue weighted by molar-refractivity contribution is 6.33. The van der Waals surface area contributed by atoms with Crippen molar-refractivity contribution in [2.45, 2.75) is 19.9 Å². The lowest BCUT2D eigenvalue weighted by Crippen LogP contribution is -2.06. The quantitative estimate of drug-likeness (QED) is 0.884.